The van der Waals surface area contributed by atoms with E-state index in [9.17, 15) is 4.39 Å². The lowest BCUT2D eigenvalue weighted by Gasteiger charge is -2.12. The van der Waals surface area contributed by atoms with Gasteiger partial charge in [-0.15, -0.1) is 0 Å². The highest BCUT2D eigenvalue weighted by Gasteiger charge is 2.21. The molecule has 0 saturated heterocycles. The van der Waals surface area contributed by atoms with Gasteiger partial charge in [-0.3, -0.25) is 0 Å². The number of hydrogen-bond acceptors (Lipinski definition) is 4. The van der Waals surface area contributed by atoms with Crippen molar-refractivity contribution in [1.29, 1.82) is 0 Å². The highest BCUT2D eigenvalue weighted by Crippen LogP contribution is 2.35. The molecule has 1 aromatic heterocycles. The Hall–Kier alpha value is -1.33. The third-order valence-corrected chi connectivity index (χ3v) is 4.58. The molecule has 21 heavy (non-hydrogen) atoms. The third-order valence-electron chi connectivity index (χ3n) is 3.31. The summed E-state index contributed by atoms with van der Waals surface area (Å²) in [5.74, 6) is 2.50. The quantitative estimate of drug-likeness (QED) is 0.898. The lowest BCUT2D eigenvalue weighted by molar-refractivity contribution is 0.630. The minimum absolute atomic E-state index is 0.0917. The molecule has 0 amide bonds. The highest BCUT2D eigenvalue weighted by atomic mass is 35.5. The SMILES string of the molecule is CCCNc1nc(-c2cccc(Cl)c2F)nc2c1CSC2. The zero-order chi connectivity index (χ0) is 14.8. The van der Waals surface area contributed by atoms with Gasteiger partial charge in [-0.25, -0.2) is 14.4 Å². The molecule has 1 N–H and O–H groups in total. The van der Waals surface area contributed by atoms with E-state index in [1.807, 2.05) is 0 Å². The summed E-state index contributed by atoms with van der Waals surface area (Å²) in [5.41, 5.74) is 2.48. The van der Waals surface area contributed by atoms with Crippen LogP contribution >= 0.6 is 23.4 Å². The molecule has 0 aliphatic carbocycles. The number of thioether (sulfide) groups is 1. The molecule has 0 radical (unpaired) electrons. The third kappa shape index (κ3) is 2.85. The number of nitrogens with zero attached hydrogens (tertiary/aromatic N) is 2. The number of aromatic nitrogens is 2. The zero-order valence-electron chi connectivity index (χ0n) is 11.6. The molecule has 0 bridgehead atoms. The predicted molar refractivity (Wildman–Crippen MR) is 86.2 cm³/mol. The molecule has 1 aromatic carbocycles. The molecular weight excluding hydrogens is 309 g/mol. The van der Waals surface area contributed by atoms with Gasteiger partial charge in [0.15, 0.2) is 11.6 Å². The Morgan fingerprint density at radius 1 is 1.33 bits per heavy atom. The first-order chi connectivity index (χ1) is 10.2. The van der Waals surface area contributed by atoms with Crippen LogP contribution in [0.3, 0.4) is 0 Å². The van der Waals surface area contributed by atoms with Gasteiger partial charge >= 0.3 is 0 Å². The van der Waals surface area contributed by atoms with E-state index >= 15 is 0 Å². The summed E-state index contributed by atoms with van der Waals surface area (Å²) in [5, 5.41) is 3.41. The van der Waals surface area contributed by atoms with E-state index in [1.165, 1.54) is 6.07 Å². The molecule has 0 atom stereocenters. The van der Waals surface area contributed by atoms with Crippen molar-refractivity contribution in [1.82, 2.24) is 9.97 Å². The van der Waals surface area contributed by atoms with Crippen LogP contribution in [0.1, 0.15) is 24.6 Å². The molecule has 3 rings (SSSR count). The Morgan fingerprint density at radius 3 is 3.00 bits per heavy atom. The molecule has 2 aromatic rings. The molecule has 6 heteroatoms. The number of benzene rings is 1. The van der Waals surface area contributed by atoms with Gasteiger partial charge in [0, 0.05) is 23.6 Å². The Kier molecular flexibility index (Phi) is 4.31. The van der Waals surface area contributed by atoms with E-state index in [-0.39, 0.29) is 5.02 Å². The van der Waals surface area contributed by atoms with Gasteiger partial charge in [0.05, 0.1) is 16.3 Å². The van der Waals surface area contributed by atoms with Crippen molar-refractivity contribution in [3.63, 3.8) is 0 Å². The smallest absolute Gasteiger partial charge is 0.164 e. The monoisotopic (exact) mass is 323 g/mol. The predicted octanol–water partition coefficient (Wildman–Crippen LogP) is 4.50. The van der Waals surface area contributed by atoms with E-state index in [0.717, 1.165) is 41.5 Å². The molecule has 0 unspecified atom stereocenters. The molecule has 110 valence electrons. The molecule has 0 spiro atoms. The summed E-state index contributed by atoms with van der Waals surface area (Å²) < 4.78 is 14.2. The molecule has 0 fully saturated rings. The van der Waals surface area contributed by atoms with Crippen LogP contribution in [0.2, 0.25) is 5.02 Å². The fraction of sp³-hybridized carbons (Fsp3) is 0.333. The maximum atomic E-state index is 14.2. The van der Waals surface area contributed by atoms with Crippen LogP contribution in [0, 0.1) is 5.82 Å². The first-order valence-corrected chi connectivity index (χ1v) is 8.39. The topological polar surface area (TPSA) is 37.8 Å². The summed E-state index contributed by atoms with van der Waals surface area (Å²) in [6.07, 6.45) is 1.01. The number of halogens is 2. The van der Waals surface area contributed by atoms with Gasteiger partial charge in [-0.05, 0) is 18.6 Å². The largest absolute Gasteiger partial charge is 0.370 e. The van der Waals surface area contributed by atoms with Crippen molar-refractivity contribution < 1.29 is 4.39 Å². The van der Waals surface area contributed by atoms with Gasteiger partial charge in [-0.1, -0.05) is 24.6 Å². The summed E-state index contributed by atoms with van der Waals surface area (Å²) in [6.45, 7) is 2.94. The van der Waals surface area contributed by atoms with Crippen LogP contribution in [-0.4, -0.2) is 16.5 Å². The van der Waals surface area contributed by atoms with E-state index in [0.29, 0.717) is 11.4 Å². The number of fused-ring (bicyclic) bond motifs is 1. The summed E-state index contributed by atoms with van der Waals surface area (Å²) in [7, 11) is 0. The Labute approximate surface area is 132 Å². The van der Waals surface area contributed by atoms with Crippen LogP contribution in [0.5, 0.6) is 0 Å². The van der Waals surface area contributed by atoms with Crippen LogP contribution in [0.25, 0.3) is 11.4 Å². The second-order valence-corrected chi connectivity index (χ2v) is 6.23. The maximum Gasteiger partial charge on any atom is 0.164 e. The first kappa shape index (κ1) is 14.6. The van der Waals surface area contributed by atoms with Crippen LogP contribution in [0.15, 0.2) is 18.2 Å². The minimum atomic E-state index is -0.466. The fourth-order valence-electron chi connectivity index (χ4n) is 2.24. The van der Waals surface area contributed by atoms with E-state index in [1.54, 1.807) is 23.9 Å². The van der Waals surface area contributed by atoms with Crippen molar-refractivity contribution in [2.45, 2.75) is 24.9 Å². The summed E-state index contributed by atoms with van der Waals surface area (Å²) >= 11 is 7.65. The second-order valence-electron chi connectivity index (χ2n) is 4.84. The minimum Gasteiger partial charge on any atom is -0.370 e. The van der Waals surface area contributed by atoms with Gasteiger partial charge in [0.25, 0.3) is 0 Å². The van der Waals surface area contributed by atoms with Gasteiger partial charge < -0.3 is 5.32 Å². The normalized spacial score (nSPS) is 13.3. The second kappa shape index (κ2) is 6.20. The number of rotatable bonds is 4. The number of hydrogen-bond donors (Lipinski definition) is 1. The van der Waals surface area contributed by atoms with Crippen molar-refractivity contribution >= 4 is 29.2 Å². The standard InChI is InChI=1S/C15H15ClFN3S/c1-2-6-18-14-10-7-21-8-12(10)19-15(20-14)9-4-3-5-11(16)13(9)17/h3-5H,2,6-8H2,1H3,(H,18,19,20). The molecule has 3 nitrogen and oxygen atoms in total. The lowest BCUT2D eigenvalue weighted by Crippen LogP contribution is -2.08. The average molecular weight is 324 g/mol. The molecule has 2 heterocycles. The first-order valence-electron chi connectivity index (χ1n) is 6.86. The van der Waals surface area contributed by atoms with E-state index < -0.39 is 5.82 Å². The van der Waals surface area contributed by atoms with Crippen molar-refractivity contribution in [2.75, 3.05) is 11.9 Å². The van der Waals surface area contributed by atoms with Gasteiger partial charge in [-0.2, -0.15) is 11.8 Å². The molecular formula is C15H15ClFN3S. The Morgan fingerprint density at radius 2 is 2.19 bits per heavy atom. The zero-order valence-corrected chi connectivity index (χ0v) is 13.2. The highest BCUT2D eigenvalue weighted by molar-refractivity contribution is 7.98. The van der Waals surface area contributed by atoms with Gasteiger partial charge in [0.2, 0.25) is 0 Å². The molecule has 0 saturated carbocycles. The average Bonchev–Trinajstić information content (AvgIpc) is 2.96. The summed E-state index contributed by atoms with van der Waals surface area (Å²) in [4.78, 5) is 9.04. The molecule has 1 aliphatic rings. The number of anilines is 1. The summed E-state index contributed by atoms with van der Waals surface area (Å²) in [6, 6.07) is 4.90. The maximum absolute atomic E-state index is 14.2. The Balaban J connectivity index is 2.09. The lowest BCUT2D eigenvalue weighted by atomic mass is 10.1. The number of nitrogens with one attached hydrogen (secondary N) is 1. The van der Waals surface area contributed by atoms with E-state index in [4.69, 9.17) is 11.6 Å². The van der Waals surface area contributed by atoms with Crippen LogP contribution in [0.4, 0.5) is 10.2 Å². The van der Waals surface area contributed by atoms with Gasteiger partial charge in [0.1, 0.15) is 5.82 Å². The fourth-order valence-corrected chi connectivity index (χ4v) is 3.45. The van der Waals surface area contributed by atoms with E-state index in [2.05, 4.69) is 22.2 Å². The Bertz CT molecular complexity index is 678. The molecule has 1 aliphatic heterocycles. The van der Waals surface area contributed by atoms with Crippen molar-refractivity contribution in [3.8, 4) is 11.4 Å². The van der Waals surface area contributed by atoms with Crippen LogP contribution < -0.4 is 5.32 Å². The van der Waals surface area contributed by atoms with Crippen molar-refractivity contribution in [3.05, 3.63) is 40.3 Å². The van der Waals surface area contributed by atoms with Crippen LogP contribution in [-0.2, 0) is 11.5 Å². The van der Waals surface area contributed by atoms with Crippen molar-refractivity contribution in [2.24, 2.45) is 0 Å².